The Balaban J connectivity index is 1.51. The molecule has 0 aromatic carbocycles. The number of carbonyl (C=O) groups is 2. The Bertz CT molecular complexity index is 615. The second kappa shape index (κ2) is 5.95. The van der Waals surface area contributed by atoms with E-state index in [0.29, 0.717) is 25.1 Å². The minimum absolute atomic E-state index is 0.0135. The average Bonchev–Trinajstić information content (AvgIpc) is 3.08. The van der Waals surface area contributed by atoms with Gasteiger partial charge in [-0.05, 0) is 38.3 Å². The zero-order chi connectivity index (χ0) is 16.7. The summed E-state index contributed by atoms with van der Waals surface area (Å²) in [7, 11) is 0. The maximum Gasteiger partial charge on any atom is 0.253 e. The van der Waals surface area contributed by atoms with Gasteiger partial charge in [0, 0.05) is 31.5 Å². The van der Waals surface area contributed by atoms with Crippen molar-refractivity contribution >= 4 is 35.0 Å². The van der Waals surface area contributed by atoms with Gasteiger partial charge in [-0.2, -0.15) is 0 Å². The van der Waals surface area contributed by atoms with Crippen molar-refractivity contribution in [3.63, 3.8) is 0 Å². The summed E-state index contributed by atoms with van der Waals surface area (Å²) in [6.07, 6.45) is 5.13. The van der Waals surface area contributed by atoms with Crippen LogP contribution in [0.1, 0.15) is 36.5 Å². The molecule has 0 bridgehead atoms. The highest BCUT2D eigenvalue weighted by atomic mass is 35.5. The minimum atomic E-state index is -0.935. The van der Waals surface area contributed by atoms with Gasteiger partial charge in [-0.3, -0.25) is 14.6 Å². The molecular formula is C16H19Cl2N3O2. The van der Waals surface area contributed by atoms with E-state index in [0.717, 1.165) is 12.8 Å². The van der Waals surface area contributed by atoms with E-state index in [4.69, 9.17) is 23.2 Å². The zero-order valence-corrected chi connectivity index (χ0v) is 14.4. The summed E-state index contributed by atoms with van der Waals surface area (Å²) in [5, 5.41) is 3.00. The summed E-state index contributed by atoms with van der Waals surface area (Å²) < 4.78 is -0.935. The van der Waals surface area contributed by atoms with Gasteiger partial charge in [0.15, 0.2) is 0 Å². The molecule has 2 heterocycles. The van der Waals surface area contributed by atoms with Crippen LogP contribution >= 0.6 is 23.2 Å². The van der Waals surface area contributed by atoms with Crippen LogP contribution in [-0.2, 0) is 4.79 Å². The predicted molar refractivity (Wildman–Crippen MR) is 88.5 cm³/mol. The fourth-order valence-electron chi connectivity index (χ4n) is 2.97. The highest BCUT2D eigenvalue weighted by Gasteiger charge is 2.68. The number of halogens is 2. The summed E-state index contributed by atoms with van der Waals surface area (Å²) in [5.74, 6) is -0.114. The van der Waals surface area contributed by atoms with Crippen LogP contribution in [0.15, 0.2) is 24.5 Å². The van der Waals surface area contributed by atoms with Crippen LogP contribution in [0.25, 0.3) is 0 Å². The second-order valence-electron chi connectivity index (χ2n) is 6.49. The van der Waals surface area contributed by atoms with Crippen molar-refractivity contribution < 1.29 is 9.59 Å². The molecular weight excluding hydrogens is 337 g/mol. The number of hydrogen-bond donors (Lipinski definition) is 1. The lowest BCUT2D eigenvalue weighted by Crippen LogP contribution is -2.48. The molecule has 1 aromatic rings. The second-order valence-corrected chi connectivity index (χ2v) is 7.98. The molecule has 2 amide bonds. The third kappa shape index (κ3) is 3.17. The van der Waals surface area contributed by atoms with Crippen LogP contribution in [0, 0.1) is 5.41 Å². The molecule has 1 saturated carbocycles. The zero-order valence-electron chi connectivity index (χ0n) is 12.9. The number of amides is 2. The number of carbonyl (C=O) groups excluding carboxylic acids is 2. The number of pyridine rings is 1. The Morgan fingerprint density at radius 1 is 1.35 bits per heavy atom. The molecule has 5 nitrogen and oxygen atoms in total. The Labute approximate surface area is 145 Å². The lowest BCUT2D eigenvalue weighted by atomic mass is 10.0. The van der Waals surface area contributed by atoms with Gasteiger partial charge in [-0.25, -0.2) is 0 Å². The van der Waals surface area contributed by atoms with Gasteiger partial charge in [0.05, 0.1) is 11.0 Å². The van der Waals surface area contributed by atoms with Crippen LogP contribution in [0.5, 0.6) is 0 Å². The molecule has 7 heteroatoms. The van der Waals surface area contributed by atoms with Crippen LogP contribution in [0.4, 0.5) is 0 Å². The smallest absolute Gasteiger partial charge is 0.253 e. The molecule has 23 heavy (non-hydrogen) atoms. The van der Waals surface area contributed by atoms with E-state index in [-0.39, 0.29) is 17.9 Å². The molecule has 1 atom stereocenters. The van der Waals surface area contributed by atoms with Gasteiger partial charge in [-0.15, -0.1) is 23.2 Å². The number of nitrogens with zero attached hydrogens (tertiary/aromatic N) is 2. The molecule has 1 N–H and O–H groups in total. The van der Waals surface area contributed by atoms with E-state index < -0.39 is 9.75 Å². The first-order chi connectivity index (χ1) is 10.8. The summed E-state index contributed by atoms with van der Waals surface area (Å²) in [4.78, 5) is 30.4. The van der Waals surface area contributed by atoms with Crippen molar-refractivity contribution in [2.24, 2.45) is 5.41 Å². The van der Waals surface area contributed by atoms with Crippen LogP contribution in [-0.4, -0.2) is 45.2 Å². The number of alkyl halides is 2. The van der Waals surface area contributed by atoms with Crippen LogP contribution < -0.4 is 5.32 Å². The predicted octanol–water partition coefficient (Wildman–Crippen LogP) is 2.39. The lowest BCUT2D eigenvalue weighted by Gasteiger charge is -2.34. The van der Waals surface area contributed by atoms with E-state index in [9.17, 15) is 9.59 Å². The van der Waals surface area contributed by atoms with Crippen molar-refractivity contribution in [3.05, 3.63) is 30.1 Å². The van der Waals surface area contributed by atoms with Crippen LogP contribution in [0.2, 0.25) is 0 Å². The van der Waals surface area contributed by atoms with Gasteiger partial charge in [0.25, 0.3) is 5.91 Å². The molecule has 1 unspecified atom stereocenters. The molecule has 124 valence electrons. The number of likely N-dealkylation sites (tertiary alicyclic amines) is 1. The highest BCUT2D eigenvalue weighted by Crippen LogP contribution is 2.64. The van der Waals surface area contributed by atoms with Crippen molar-refractivity contribution in [3.8, 4) is 0 Å². The van der Waals surface area contributed by atoms with Crippen molar-refractivity contribution in [1.82, 2.24) is 15.2 Å². The number of piperidine rings is 1. The van der Waals surface area contributed by atoms with Gasteiger partial charge in [0.2, 0.25) is 5.91 Å². The lowest BCUT2D eigenvalue weighted by molar-refractivity contribution is -0.137. The Kier molecular flexibility index (Phi) is 4.27. The maximum atomic E-state index is 12.5. The topological polar surface area (TPSA) is 62.3 Å². The Hall–Kier alpha value is -1.33. The van der Waals surface area contributed by atoms with Gasteiger partial charge in [-0.1, -0.05) is 0 Å². The van der Waals surface area contributed by atoms with E-state index in [1.165, 1.54) is 0 Å². The molecule has 1 saturated heterocycles. The molecule has 2 fully saturated rings. The summed E-state index contributed by atoms with van der Waals surface area (Å²) in [6.45, 7) is 3.03. The summed E-state index contributed by atoms with van der Waals surface area (Å²) in [5.41, 5.74) is -0.118. The molecule has 1 aliphatic carbocycles. The average molecular weight is 356 g/mol. The van der Waals surface area contributed by atoms with Crippen molar-refractivity contribution in [1.29, 1.82) is 0 Å². The first-order valence-electron chi connectivity index (χ1n) is 7.71. The molecule has 1 aliphatic heterocycles. The molecule has 3 rings (SSSR count). The summed E-state index contributed by atoms with van der Waals surface area (Å²) >= 11 is 12.2. The maximum absolute atomic E-state index is 12.5. The fourth-order valence-corrected chi connectivity index (χ4v) is 3.67. The normalized spacial score (nSPS) is 26.7. The van der Waals surface area contributed by atoms with E-state index in [1.54, 1.807) is 29.4 Å². The van der Waals surface area contributed by atoms with Gasteiger partial charge >= 0.3 is 0 Å². The molecule has 2 aliphatic rings. The van der Waals surface area contributed by atoms with Crippen molar-refractivity contribution in [2.75, 3.05) is 13.1 Å². The van der Waals surface area contributed by atoms with Crippen LogP contribution in [0.3, 0.4) is 0 Å². The number of hydrogen-bond acceptors (Lipinski definition) is 3. The first-order valence-corrected chi connectivity index (χ1v) is 8.47. The van der Waals surface area contributed by atoms with Gasteiger partial charge < -0.3 is 10.2 Å². The highest BCUT2D eigenvalue weighted by molar-refractivity contribution is 6.53. The SMILES string of the molecule is CC1(C(=O)N2CCC(NC(=O)c3cccnc3)CC2)CC1(Cl)Cl. The third-order valence-electron chi connectivity index (χ3n) is 4.77. The third-order valence-corrected chi connectivity index (χ3v) is 5.87. The van der Waals surface area contributed by atoms with E-state index in [1.807, 2.05) is 6.92 Å². The molecule has 1 aromatic heterocycles. The standard InChI is InChI=1S/C16H19Cl2N3O2/c1-15(10-16(15,17)18)14(23)21-7-4-12(5-8-21)20-13(22)11-3-2-6-19-9-11/h2-3,6,9,12H,4-5,7-8,10H2,1H3,(H,20,22). The quantitative estimate of drug-likeness (QED) is 0.846. The van der Waals surface area contributed by atoms with Gasteiger partial charge in [0.1, 0.15) is 4.33 Å². The molecule has 0 spiro atoms. The minimum Gasteiger partial charge on any atom is -0.349 e. The largest absolute Gasteiger partial charge is 0.349 e. The summed E-state index contributed by atoms with van der Waals surface area (Å²) in [6, 6.07) is 3.53. The Morgan fingerprint density at radius 3 is 2.52 bits per heavy atom. The number of nitrogens with one attached hydrogen (secondary N) is 1. The van der Waals surface area contributed by atoms with Crippen molar-refractivity contribution in [2.45, 2.75) is 36.6 Å². The monoisotopic (exact) mass is 355 g/mol. The molecule has 0 radical (unpaired) electrons. The van der Waals surface area contributed by atoms with E-state index in [2.05, 4.69) is 10.3 Å². The Morgan fingerprint density at radius 2 is 2.00 bits per heavy atom. The first kappa shape index (κ1) is 16.5. The number of aromatic nitrogens is 1. The van der Waals surface area contributed by atoms with E-state index >= 15 is 0 Å². The fraction of sp³-hybridized carbons (Fsp3) is 0.562. The number of rotatable bonds is 3.